The van der Waals surface area contributed by atoms with Gasteiger partial charge in [-0.25, -0.2) is 4.98 Å². The molecule has 1 amide bonds. The van der Waals surface area contributed by atoms with Crippen molar-refractivity contribution in [2.45, 2.75) is 24.7 Å². The molecule has 1 atom stereocenters. The van der Waals surface area contributed by atoms with Gasteiger partial charge in [-0.05, 0) is 24.1 Å². The maximum absolute atomic E-state index is 12.5. The van der Waals surface area contributed by atoms with E-state index in [1.807, 2.05) is 73.7 Å². The van der Waals surface area contributed by atoms with Crippen LogP contribution in [0.3, 0.4) is 0 Å². The van der Waals surface area contributed by atoms with Gasteiger partial charge < -0.3 is 9.88 Å². The molecule has 3 aromatic carbocycles. The van der Waals surface area contributed by atoms with E-state index >= 15 is 0 Å². The zero-order valence-electron chi connectivity index (χ0n) is 18.2. The highest BCUT2D eigenvalue weighted by Crippen LogP contribution is 2.28. The number of nitrogens with zero attached hydrogens (tertiary/aromatic N) is 4. The normalized spacial score (nSPS) is 12.2. The number of aromatic nitrogens is 4. The molecule has 1 N–H and O–H groups in total. The van der Waals surface area contributed by atoms with Gasteiger partial charge in [-0.3, -0.25) is 4.79 Å². The maximum atomic E-state index is 12.5. The first-order chi connectivity index (χ1) is 16.2. The summed E-state index contributed by atoms with van der Waals surface area (Å²) < 4.78 is 2.16. The first kappa shape index (κ1) is 21.2. The van der Waals surface area contributed by atoms with E-state index in [0.29, 0.717) is 11.7 Å². The Labute approximate surface area is 196 Å². The van der Waals surface area contributed by atoms with Gasteiger partial charge in [0.2, 0.25) is 11.1 Å². The number of carbonyl (C=O) groups excluding carboxylic acids is 1. The number of benzene rings is 3. The van der Waals surface area contributed by atoms with Crippen molar-refractivity contribution in [1.29, 1.82) is 0 Å². The third kappa shape index (κ3) is 4.59. The summed E-state index contributed by atoms with van der Waals surface area (Å²) >= 11 is 1.30. The topological polar surface area (TPSA) is 72.7 Å². The van der Waals surface area contributed by atoms with Crippen LogP contribution in [0.1, 0.15) is 24.1 Å². The van der Waals surface area contributed by atoms with E-state index in [9.17, 15) is 4.79 Å². The van der Waals surface area contributed by atoms with Crippen molar-refractivity contribution < 1.29 is 4.79 Å². The van der Waals surface area contributed by atoms with E-state index in [-0.39, 0.29) is 17.7 Å². The Morgan fingerprint density at radius 2 is 1.64 bits per heavy atom. The standard InChI is InChI=1S/C26H23N5OS/c1-18(20-12-6-3-7-13-20)27-23(32)17-33-26-28-25-24(29-30-26)21-14-8-9-15-22(21)31(25)16-19-10-4-2-5-11-19/h2-15,18H,16-17H2,1H3,(H,27,32). The molecule has 0 saturated heterocycles. The summed E-state index contributed by atoms with van der Waals surface area (Å²) in [5.74, 6) is 0.161. The number of thioether (sulfide) groups is 1. The van der Waals surface area contributed by atoms with Crippen molar-refractivity contribution in [2.75, 3.05) is 5.75 Å². The van der Waals surface area contributed by atoms with E-state index < -0.39 is 0 Å². The number of carbonyl (C=O) groups is 1. The molecule has 0 radical (unpaired) electrons. The molecule has 6 nitrogen and oxygen atoms in total. The fourth-order valence-corrected chi connectivity index (χ4v) is 4.51. The monoisotopic (exact) mass is 453 g/mol. The van der Waals surface area contributed by atoms with E-state index in [0.717, 1.165) is 27.6 Å². The fraction of sp³-hybridized carbons (Fsp3) is 0.154. The summed E-state index contributed by atoms with van der Waals surface area (Å²) in [5, 5.41) is 13.3. The molecule has 2 aromatic heterocycles. The highest BCUT2D eigenvalue weighted by molar-refractivity contribution is 7.99. The molecule has 0 aliphatic carbocycles. The van der Waals surface area contributed by atoms with Crippen molar-refractivity contribution in [3.05, 3.63) is 96.1 Å². The number of fused-ring (bicyclic) bond motifs is 3. The van der Waals surface area contributed by atoms with Gasteiger partial charge in [0.15, 0.2) is 5.65 Å². The van der Waals surface area contributed by atoms with Crippen LogP contribution in [-0.2, 0) is 11.3 Å². The molecule has 0 aliphatic rings. The van der Waals surface area contributed by atoms with Crippen LogP contribution >= 0.6 is 11.8 Å². The fourth-order valence-electron chi connectivity index (χ4n) is 3.91. The number of rotatable bonds is 7. The average Bonchev–Trinajstić information content (AvgIpc) is 3.17. The van der Waals surface area contributed by atoms with Crippen LogP contribution in [0.2, 0.25) is 0 Å². The van der Waals surface area contributed by atoms with Gasteiger partial charge in [-0.1, -0.05) is 90.6 Å². The minimum Gasteiger partial charge on any atom is -0.349 e. The molecule has 33 heavy (non-hydrogen) atoms. The van der Waals surface area contributed by atoms with Gasteiger partial charge in [0, 0.05) is 11.9 Å². The van der Waals surface area contributed by atoms with Crippen LogP contribution < -0.4 is 5.32 Å². The Balaban J connectivity index is 1.38. The Morgan fingerprint density at radius 1 is 0.939 bits per heavy atom. The molecular formula is C26H23N5OS. The zero-order valence-corrected chi connectivity index (χ0v) is 19.0. The smallest absolute Gasteiger partial charge is 0.230 e. The maximum Gasteiger partial charge on any atom is 0.230 e. The second-order valence-electron chi connectivity index (χ2n) is 7.84. The van der Waals surface area contributed by atoms with Gasteiger partial charge in [-0.2, -0.15) is 0 Å². The Hall–Kier alpha value is -3.71. The lowest BCUT2D eigenvalue weighted by Gasteiger charge is -2.13. The lowest BCUT2D eigenvalue weighted by atomic mass is 10.1. The van der Waals surface area contributed by atoms with Gasteiger partial charge in [-0.15, -0.1) is 10.2 Å². The summed E-state index contributed by atoms with van der Waals surface area (Å²) in [6.07, 6.45) is 0. The number of para-hydroxylation sites is 1. The first-order valence-electron chi connectivity index (χ1n) is 10.8. The van der Waals surface area contributed by atoms with Crippen molar-refractivity contribution in [3.63, 3.8) is 0 Å². The number of hydrogen-bond acceptors (Lipinski definition) is 5. The highest BCUT2D eigenvalue weighted by atomic mass is 32.2. The molecule has 0 bridgehead atoms. The van der Waals surface area contributed by atoms with Crippen LogP contribution in [-0.4, -0.2) is 31.4 Å². The molecule has 0 spiro atoms. The van der Waals surface area contributed by atoms with E-state index in [1.54, 1.807) is 0 Å². The van der Waals surface area contributed by atoms with Crippen molar-refractivity contribution in [1.82, 2.24) is 25.1 Å². The molecule has 5 rings (SSSR count). The molecule has 2 heterocycles. The van der Waals surface area contributed by atoms with Gasteiger partial charge in [0.25, 0.3) is 0 Å². The van der Waals surface area contributed by atoms with Crippen molar-refractivity contribution >= 4 is 39.7 Å². The average molecular weight is 454 g/mol. The quantitative estimate of drug-likeness (QED) is 0.351. The van der Waals surface area contributed by atoms with Gasteiger partial charge >= 0.3 is 0 Å². The Kier molecular flexibility index (Phi) is 6.04. The van der Waals surface area contributed by atoms with E-state index in [4.69, 9.17) is 4.98 Å². The van der Waals surface area contributed by atoms with Gasteiger partial charge in [0.1, 0.15) is 5.52 Å². The first-order valence-corrected chi connectivity index (χ1v) is 11.8. The summed E-state index contributed by atoms with van der Waals surface area (Å²) in [5.41, 5.74) is 4.86. The summed E-state index contributed by atoms with van der Waals surface area (Å²) in [4.78, 5) is 17.3. The van der Waals surface area contributed by atoms with Gasteiger partial charge in [0.05, 0.1) is 17.3 Å². The summed E-state index contributed by atoms with van der Waals surface area (Å²) in [7, 11) is 0. The minimum absolute atomic E-state index is 0.0609. The van der Waals surface area contributed by atoms with E-state index in [1.165, 1.54) is 17.3 Å². The summed E-state index contributed by atoms with van der Waals surface area (Å²) in [6.45, 7) is 2.66. The SMILES string of the molecule is CC(NC(=O)CSc1nnc2c3ccccc3n(Cc3ccccc3)c2n1)c1ccccc1. The summed E-state index contributed by atoms with van der Waals surface area (Å²) in [6, 6.07) is 28.3. The lowest BCUT2D eigenvalue weighted by Crippen LogP contribution is -2.28. The predicted molar refractivity (Wildman–Crippen MR) is 132 cm³/mol. The predicted octanol–water partition coefficient (Wildman–Crippen LogP) is 5.00. The third-order valence-electron chi connectivity index (χ3n) is 5.55. The van der Waals surface area contributed by atoms with Crippen molar-refractivity contribution in [2.24, 2.45) is 0 Å². The third-order valence-corrected chi connectivity index (χ3v) is 6.39. The molecule has 0 saturated carbocycles. The molecule has 5 aromatic rings. The number of nitrogens with one attached hydrogen (secondary N) is 1. The number of amides is 1. The van der Waals surface area contributed by atoms with Crippen LogP contribution in [0.15, 0.2) is 90.1 Å². The van der Waals surface area contributed by atoms with Crippen LogP contribution in [0.5, 0.6) is 0 Å². The Bertz CT molecular complexity index is 1400. The second kappa shape index (κ2) is 9.42. The highest BCUT2D eigenvalue weighted by Gasteiger charge is 2.16. The van der Waals surface area contributed by atoms with Crippen LogP contribution in [0.25, 0.3) is 22.1 Å². The zero-order chi connectivity index (χ0) is 22.6. The molecule has 0 aliphatic heterocycles. The number of hydrogen-bond donors (Lipinski definition) is 1. The molecule has 7 heteroatoms. The van der Waals surface area contributed by atoms with Crippen LogP contribution in [0.4, 0.5) is 0 Å². The minimum atomic E-state index is -0.0649. The molecule has 164 valence electrons. The molecule has 0 fully saturated rings. The molecular weight excluding hydrogens is 430 g/mol. The van der Waals surface area contributed by atoms with Crippen LogP contribution in [0, 0.1) is 0 Å². The molecule has 1 unspecified atom stereocenters. The Morgan fingerprint density at radius 3 is 2.42 bits per heavy atom. The van der Waals surface area contributed by atoms with Crippen molar-refractivity contribution in [3.8, 4) is 0 Å². The lowest BCUT2D eigenvalue weighted by molar-refractivity contribution is -0.119. The largest absolute Gasteiger partial charge is 0.349 e. The second-order valence-corrected chi connectivity index (χ2v) is 8.79. The van der Waals surface area contributed by atoms with E-state index in [2.05, 4.69) is 38.3 Å².